The lowest BCUT2D eigenvalue weighted by molar-refractivity contribution is 0.390. The van der Waals surface area contributed by atoms with Gasteiger partial charge in [0.25, 0.3) is 0 Å². The monoisotopic (exact) mass is 283 g/mol. The van der Waals surface area contributed by atoms with Crippen LogP contribution in [0.2, 0.25) is 0 Å². The molecule has 0 spiro atoms. The summed E-state index contributed by atoms with van der Waals surface area (Å²) in [6, 6.07) is 3.80. The van der Waals surface area contributed by atoms with Gasteiger partial charge in [-0.3, -0.25) is 0 Å². The highest BCUT2D eigenvalue weighted by molar-refractivity contribution is 9.10. The van der Waals surface area contributed by atoms with E-state index < -0.39 is 0 Å². The molecule has 1 N–H and O–H groups in total. The van der Waals surface area contributed by atoms with Crippen LogP contribution in [0.25, 0.3) is 0 Å². The van der Waals surface area contributed by atoms with Crippen LogP contribution in [0.4, 0.5) is 0 Å². The van der Waals surface area contributed by atoms with Crippen molar-refractivity contribution in [3.63, 3.8) is 0 Å². The van der Waals surface area contributed by atoms with E-state index in [4.69, 9.17) is 8.83 Å². The first kappa shape index (κ1) is 11.5. The molecule has 0 radical (unpaired) electrons. The summed E-state index contributed by atoms with van der Waals surface area (Å²) in [5, 5.41) is 3.35. The van der Waals surface area contributed by atoms with Gasteiger partial charge in [-0.2, -0.15) is 0 Å². The van der Waals surface area contributed by atoms with Gasteiger partial charge in [0.15, 0.2) is 0 Å². The van der Waals surface area contributed by atoms with Gasteiger partial charge < -0.3 is 14.2 Å². The molecule has 4 heteroatoms. The smallest absolute Gasteiger partial charge is 0.142 e. The van der Waals surface area contributed by atoms with Crippen molar-refractivity contribution in [1.82, 2.24) is 5.32 Å². The van der Waals surface area contributed by atoms with Crippen LogP contribution in [-0.4, -0.2) is 6.54 Å². The zero-order chi connectivity index (χ0) is 11.5. The number of hydrogen-bond donors (Lipinski definition) is 1. The predicted molar refractivity (Wildman–Crippen MR) is 65.4 cm³/mol. The van der Waals surface area contributed by atoms with E-state index in [1.807, 2.05) is 19.1 Å². The fourth-order valence-electron chi connectivity index (χ4n) is 1.70. The molecule has 2 aromatic rings. The normalized spacial score (nSPS) is 12.9. The summed E-state index contributed by atoms with van der Waals surface area (Å²) in [6.07, 6.45) is 3.37. The molecule has 3 nitrogen and oxygen atoms in total. The Morgan fingerprint density at radius 3 is 2.44 bits per heavy atom. The second-order valence-corrected chi connectivity index (χ2v) is 4.45. The van der Waals surface area contributed by atoms with E-state index in [-0.39, 0.29) is 6.04 Å². The third kappa shape index (κ3) is 2.08. The molecule has 0 amide bonds. The number of rotatable bonds is 4. The van der Waals surface area contributed by atoms with Crippen LogP contribution in [0.5, 0.6) is 0 Å². The maximum atomic E-state index is 5.51. The van der Waals surface area contributed by atoms with Crippen LogP contribution in [0.3, 0.4) is 0 Å². The van der Waals surface area contributed by atoms with Crippen LogP contribution in [0.1, 0.15) is 30.0 Å². The van der Waals surface area contributed by atoms with Gasteiger partial charge in [0.05, 0.1) is 17.0 Å². The van der Waals surface area contributed by atoms with Crippen molar-refractivity contribution in [3.8, 4) is 0 Å². The van der Waals surface area contributed by atoms with E-state index in [1.54, 1.807) is 12.5 Å². The van der Waals surface area contributed by atoms with Gasteiger partial charge in [0.2, 0.25) is 0 Å². The van der Waals surface area contributed by atoms with Crippen molar-refractivity contribution in [2.75, 3.05) is 6.54 Å². The lowest BCUT2D eigenvalue weighted by Gasteiger charge is -2.14. The minimum Gasteiger partial charge on any atom is -0.467 e. The third-order valence-electron chi connectivity index (χ3n) is 2.48. The van der Waals surface area contributed by atoms with Crippen molar-refractivity contribution in [1.29, 1.82) is 0 Å². The molecule has 2 rings (SSSR count). The third-order valence-corrected chi connectivity index (χ3v) is 3.13. The Hall–Kier alpha value is -1.00. The van der Waals surface area contributed by atoms with E-state index in [0.29, 0.717) is 0 Å². The maximum Gasteiger partial charge on any atom is 0.142 e. The minimum absolute atomic E-state index is 0.0376. The van der Waals surface area contributed by atoms with E-state index in [2.05, 4.69) is 28.2 Å². The van der Waals surface area contributed by atoms with E-state index in [9.17, 15) is 0 Å². The molecule has 0 aromatic carbocycles. The molecular formula is C12H14BrNO2. The zero-order valence-corrected chi connectivity index (χ0v) is 10.9. The topological polar surface area (TPSA) is 38.3 Å². The van der Waals surface area contributed by atoms with Crippen molar-refractivity contribution < 1.29 is 8.83 Å². The molecule has 0 bridgehead atoms. The predicted octanol–water partition coefficient (Wildman–Crippen LogP) is 3.64. The lowest BCUT2D eigenvalue weighted by atomic mass is 10.1. The summed E-state index contributed by atoms with van der Waals surface area (Å²) in [5.74, 6) is 1.75. The Morgan fingerprint density at radius 1 is 1.25 bits per heavy atom. The highest BCUT2D eigenvalue weighted by Gasteiger charge is 2.23. The average molecular weight is 284 g/mol. The number of furan rings is 2. The maximum absolute atomic E-state index is 5.51. The van der Waals surface area contributed by atoms with Crippen molar-refractivity contribution in [2.24, 2.45) is 0 Å². The molecule has 2 heterocycles. The Kier molecular flexibility index (Phi) is 3.51. The number of hydrogen-bond acceptors (Lipinski definition) is 3. The molecule has 86 valence electrons. The molecular weight excluding hydrogens is 270 g/mol. The van der Waals surface area contributed by atoms with Crippen molar-refractivity contribution >= 4 is 15.9 Å². The fourth-order valence-corrected chi connectivity index (χ4v) is 2.13. The average Bonchev–Trinajstić information content (AvgIpc) is 2.84. The second-order valence-electron chi connectivity index (χ2n) is 3.59. The first-order valence-corrected chi connectivity index (χ1v) is 6.03. The van der Waals surface area contributed by atoms with Crippen LogP contribution in [0, 0.1) is 6.92 Å². The Balaban J connectivity index is 2.39. The summed E-state index contributed by atoms with van der Waals surface area (Å²) in [4.78, 5) is 0. The Labute approximate surface area is 103 Å². The van der Waals surface area contributed by atoms with E-state index >= 15 is 0 Å². The molecule has 0 saturated heterocycles. The number of aryl methyl sites for hydroxylation is 1. The van der Waals surface area contributed by atoms with Crippen molar-refractivity contribution in [2.45, 2.75) is 19.9 Å². The van der Waals surface area contributed by atoms with Gasteiger partial charge in [-0.1, -0.05) is 6.92 Å². The Bertz CT molecular complexity index is 421. The molecule has 0 aliphatic carbocycles. The Morgan fingerprint density at radius 2 is 1.94 bits per heavy atom. The van der Waals surface area contributed by atoms with Gasteiger partial charge >= 0.3 is 0 Å². The van der Waals surface area contributed by atoms with E-state index in [0.717, 1.165) is 28.1 Å². The second kappa shape index (κ2) is 4.89. The minimum atomic E-state index is -0.0376. The number of nitrogens with one attached hydrogen (secondary N) is 1. The summed E-state index contributed by atoms with van der Waals surface area (Å²) in [6.45, 7) is 4.93. The summed E-state index contributed by atoms with van der Waals surface area (Å²) < 4.78 is 12.0. The van der Waals surface area contributed by atoms with Crippen molar-refractivity contribution in [3.05, 3.63) is 46.2 Å². The van der Waals surface area contributed by atoms with Gasteiger partial charge in [0.1, 0.15) is 17.6 Å². The fraction of sp³-hybridized carbons (Fsp3) is 0.333. The molecule has 1 atom stereocenters. The highest BCUT2D eigenvalue weighted by Crippen LogP contribution is 2.31. The standard InChI is InChI=1S/C12H14BrNO2/c1-3-14-10(11-8(2)4-6-15-11)12-9(13)5-7-16-12/h4-7,10,14H,3H2,1-2H3. The van der Waals surface area contributed by atoms with Gasteiger partial charge in [0, 0.05) is 0 Å². The van der Waals surface area contributed by atoms with Gasteiger partial charge in [-0.15, -0.1) is 0 Å². The molecule has 0 fully saturated rings. The molecule has 2 aromatic heterocycles. The SMILES string of the molecule is CCNC(c1occc1C)c1occc1Br. The van der Waals surface area contributed by atoms with Crippen LogP contribution < -0.4 is 5.32 Å². The molecule has 1 unspecified atom stereocenters. The largest absolute Gasteiger partial charge is 0.467 e. The summed E-state index contributed by atoms with van der Waals surface area (Å²) >= 11 is 3.47. The molecule has 0 saturated carbocycles. The summed E-state index contributed by atoms with van der Waals surface area (Å²) in [5.41, 5.74) is 1.12. The van der Waals surface area contributed by atoms with Gasteiger partial charge in [-0.05, 0) is 47.1 Å². The quantitative estimate of drug-likeness (QED) is 0.931. The molecule has 0 aliphatic heterocycles. The number of halogens is 1. The highest BCUT2D eigenvalue weighted by atomic mass is 79.9. The van der Waals surface area contributed by atoms with Crippen LogP contribution >= 0.6 is 15.9 Å². The molecule has 0 aliphatic rings. The first-order valence-electron chi connectivity index (χ1n) is 5.24. The van der Waals surface area contributed by atoms with Crippen LogP contribution in [0.15, 0.2) is 38.0 Å². The zero-order valence-electron chi connectivity index (χ0n) is 9.29. The van der Waals surface area contributed by atoms with Gasteiger partial charge in [-0.25, -0.2) is 0 Å². The first-order chi connectivity index (χ1) is 7.74. The lowest BCUT2D eigenvalue weighted by Crippen LogP contribution is -2.22. The van der Waals surface area contributed by atoms with Crippen LogP contribution in [-0.2, 0) is 0 Å². The molecule has 16 heavy (non-hydrogen) atoms. The van der Waals surface area contributed by atoms with E-state index in [1.165, 1.54) is 0 Å². The summed E-state index contributed by atoms with van der Waals surface area (Å²) in [7, 11) is 0.